The number of amides is 1. The van der Waals surface area contributed by atoms with Crippen molar-refractivity contribution in [2.75, 3.05) is 11.5 Å². The van der Waals surface area contributed by atoms with Crippen molar-refractivity contribution in [1.29, 1.82) is 0 Å². The number of aryl methyl sites for hydroxylation is 3. The van der Waals surface area contributed by atoms with E-state index in [0.29, 0.717) is 18.1 Å². The molecule has 28 heavy (non-hydrogen) atoms. The molecule has 0 unspecified atom stereocenters. The molecule has 0 radical (unpaired) electrons. The van der Waals surface area contributed by atoms with Crippen LogP contribution in [0.25, 0.3) is 0 Å². The molecule has 2 aromatic carbocycles. The summed E-state index contributed by atoms with van der Waals surface area (Å²) in [5.41, 5.74) is 4.67. The van der Waals surface area contributed by atoms with E-state index in [1.165, 1.54) is 11.1 Å². The molecular formula is C24H26N2O2. The van der Waals surface area contributed by atoms with Gasteiger partial charge in [-0.15, -0.1) is 0 Å². The van der Waals surface area contributed by atoms with E-state index >= 15 is 0 Å². The highest BCUT2D eigenvalue weighted by atomic mass is 16.5. The zero-order valence-electron chi connectivity index (χ0n) is 16.7. The molecule has 0 atom stereocenters. The molecule has 0 aliphatic heterocycles. The zero-order valence-corrected chi connectivity index (χ0v) is 16.7. The highest BCUT2D eigenvalue weighted by Crippen LogP contribution is 2.18. The Balaban J connectivity index is 1.75. The zero-order chi connectivity index (χ0) is 19.9. The van der Waals surface area contributed by atoms with Crippen LogP contribution in [0.2, 0.25) is 0 Å². The van der Waals surface area contributed by atoms with Crippen LogP contribution < -0.4 is 9.64 Å². The van der Waals surface area contributed by atoms with Gasteiger partial charge in [-0.3, -0.25) is 9.69 Å². The fourth-order valence-electron chi connectivity index (χ4n) is 2.90. The highest BCUT2D eigenvalue weighted by Gasteiger charge is 2.18. The van der Waals surface area contributed by atoms with Crippen LogP contribution in [-0.4, -0.2) is 17.5 Å². The number of anilines is 1. The number of hydrogen-bond donors (Lipinski definition) is 0. The van der Waals surface area contributed by atoms with E-state index in [2.05, 4.69) is 43.1 Å². The normalized spacial score (nSPS) is 10.5. The summed E-state index contributed by atoms with van der Waals surface area (Å²) in [5.74, 6) is 1.19. The van der Waals surface area contributed by atoms with E-state index in [4.69, 9.17) is 4.74 Å². The number of hydrogen-bond acceptors (Lipinski definition) is 3. The molecule has 1 aromatic heterocycles. The Morgan fingerprint density at radius 3 is 2.36 bits per heavy atom. The monoisotopic (exact) mass is 374 g/mol. The number of rotatable bonds is 7. The van der Waals surface area contributed by atoms with Crippen molar-refractivity contribution in [3.63, 3.8) is 0 Å². The summed E-state index contributed by atoms with van der Waals surface area (Å²) in [5, 5.41) is 0. The van der Waals surface area contributed by atoms with Crippen LogP contribution in [0.15, 0.2) is 66.9 Å². The van der Waals surface area contributed by atoms with Gasteiger partial charge in [-0.1, -0.05) is 43.3 Å². The molecule has 1 amide bonds. The van der Waals surface area contributed by atoms with Gasteiger partial charge >= 0.3 is 0 Å². The Morgan fingerprint density at radius 1 is 0.964 bits per heavy atom. The van der Waals surface area contributed by atoms with Gasteiger partial charge < -0.3 is 4.74 Å². The fourth-order valence-corrected chi connectivity index (χ4v) is 2.90. The number of carbonyl (C=O) groups is 1. The third kappa shape index (κ3) is 4.97. The molecule has 1 heterocycles. The molecule has 0 saturated heterocycles. The Kier molecular flexibility index (Phi) is 6.43. The van der Waals surface area contributed by atoms with Gasteiger partial charge in [-0.05, 0) is 66.8 Å². The molecule has 0 fully saturated rings. The van der Waals surface area contributed by atoms with Crippen LogP contribution in [0.5, 0.6) is 5.75 Å². The Bertz CT molecular complexity index is 921. The van der Waals surface area contributed by atoms with Crippen molar-refractivity contribution in [3.8, 4) is 5.75 Å². The lowest BCUT2D eigenvalue weighted by atomic mass is 10.1. The minimum absolute atomic E-state index is 0.0356. The van der Waals surface area contributed by atoms with Crippen molar-refractivity contribution in [3.05, 3.63) is 89.1 Å². The van der Waals surface area contributed by atoms with Gasteiger partial charge in [-0.2, -0.15) is 0 Å². The van der Waals surface area contributed by atoms with Gasteiger partial charge in [0.1, 0.15) is 11.6 Å². The lowest BCUT2D eigenvalue weighted by Gasteiger charge is -2.22. The number of nitrogens with zero attached hydrogens (tertiary/aromatic N) is 2. The summed E-state index contributed by atoms with van der Waals surface area (Å²) in [6.07, 6.45) is 2.69. The Labute approximate surface area is 166 Å². The molecule has 0 aliphatic carbocycles. The molecule has 0 bridgehead atoms. The van der Waals surface area contributed by atoms with Gasteiger partial charge in [0.25, 0.3) is 5.91 Å². The second-order valence-electron chi connectivity index (χ2n) is 6.87. The quantitative estimate of drug-likeness (QED) is 0.592. The van der Waals surface area contributed by atoms with Crippen molar-refractivity contribution < 1.29 is 9.53 Å². The second kappa shape index (κ2) is 9.18. The number of ether oxygens (including phenoxy) is 1. The molecule has 0 N–H and O–H groups in total. The lowest BCUT2D eigenvalue weighted by Crippen LogP contribution is -2.35. The van der Waals surface area contributed by atoms with Crippen LogP contribution in [0.1, 0.15) is 29.2 Å². The first-order valence-electron chi connectivity index (χ1n) is 9.56. The van der Waals surface area contributed by atoms with Crippen molar-refractivity contribution in [2.45, 2.75) is 33.7 Å². The smallest absolute Gasteiger partial charge is 0.266 e. The first-order valence-corrected chi connectivity index (χ1v) is 9.56. The van der Waals surface area contributed by atoms with Gasteiger partial charge in [0.2, 0.25) is 0 Å². The number of carbonyl (C=O) groups excluding carboxylic acids is 1. The van der Waals surface area contributed by atoms with Gasteiger partial charge in [-0.25, -0.2) is 4.98 Å². The predicted molar refractivity (Wildman–Crippen MR) is 113 cm³/mol. The number of aromatic nitrogens is 1. The summed E-state index contributed by atoms with van der Waals surface area (Å²) >= 11 is 0. The number of benzene rings is 2. The maximum Gasteiger partial charge on any atom is 0.266 e. The maximum absolute atomic E-state index is 13.0. The van der Waals surface area contributed by atoms with E-state index in [1.807, 2.05) is 43.3 Å². The van der Waals surface area contributed by atoms with E-state index in [9.17, 15) is 4.79 Å². The SMILES string of the molecule is CCc1ccc(CN(C(=O)COc2ccc(C)c(C)c2)c2ccccn2)cc1. The molecule has 3 aromatic rings. The van der Waals surface area contributed by atoms with E-state index in [-0.39, 0.29) is 12.5 Å². The molecule has 0 saturated carbocycles. The molecule has 4 nitrogen and oxygen atoms in total. The summed E-state index contributed by atoms with van der Waals surface area (Å²) in [7, 11) is 0. The van der Waals surface area contributed by atoms with Crippen LogP contribution in [-0.2, 0) is 17.8 Å². The van der Waals surface area contributed by atoms with E-state index in [0.717, 1.165) is 17.5 Å². The van der Waals surface area contributed by atoms with Gasteiger partial charge in [0.15, 0.2) is 6.61 Å². The largest absolute Gasteiger partial charge is 0.484 e. The Morgan fingerprint density at radius 2 is 1.71 bits per heavy atom. The maximum atomic E-state index is 13.0. The number of pyridine rings is 1. The van der Waals surface area contributed by atoms with E-state index < -0.39 is 0 Å². The van der Waals surface area contributed by atoms with Crippen molar-refractivity contribution in [2.24, 2.45) is 0 Å². The molecular weight excluding hydrogens is 348 g/mol. The summed E-state index contributed by atoms with van der Waals surface area (Å²) in [6, 6.07) is 19.7. The molecule has 0 aliphatic rings. The lowest BCUT2D eigenvalue weighted by molar-refractivity contribution is -0.120. The van der Waals surface area contributed by atoms with Crippen molar-refractivity contribution >= 4 is 11.7 Å². The highest BCUT2D eigenvalue weighted by molar-refractivity contribution is 5.93. The third-order valence-electron chi connectivity index (χ3n) is 4.84. The minimum Gasteiger partial charge on any atom is -0.484 e. The van der Waals surface area contributed by atoms with Crippen LogP contribution >= 0.6 is 0 Å². The fraction of sp³-hybridized carbons (Fsp3) is 0.250. The molecule has 3 rings (SSSR count). The summed E-state index contributed by atoms with van der Waals surface area (Å²) in [4.78, 5) is 19.0. The second-order valence-corrected chi connectivity index (χ2v) is 6.87. The first kappa shape index (κ1) is 19.6. The standard InChI is InChI=1S/C24H26N2O2/c1-4-20-9-11-21(12-10-20)16-26(23-7-5-6-14-25-23)24(27)17-28-22-13-8-18(2)19(3)15-22/h5-15H,4,16-17H2,1-3H3. The van der Waals surface area contributed by atoms with Crippen LogP contribution in [0.4, 0.5) is 5.82 Å². The van der Waals surface area contributed by atoms with Gasteiger partial charge in [0, 0.05) is 6.20 Å². The van der Waals surface area contributed by atoms with Crippen LogP contribution in [0.3, 0.4) is 0 Å². The van der Waals surface area contributed by atoms with Crippen LogP contribution in [0, 0.1) is 13.8 Å². The average molecular weight is 374 g/mol. The van der Waals surface area contributed by atoms with Crippen molar-refractivity contribution in [1.82, 2.24) is 4.98 Å². The minimum atomic E-state index is -0.128. The third-order valence-corrected chi connectivity index (χ3v) is 4.84. The summed E-state index contributed by atoms with van der Waals surface area (Å²) in [6.45, 7) is 6.63. The average Bonchev–Trinajstić information content (AvgIpc) is 2.73. The predicted octanol–water partition coefficient (Wildman–Crippen LogP) is 4.87. The molecule has 144 valence electrons. The first-order chi connectivity index (χ1) is 13.6. The Hall–Kier alpha value is -3.14. The molecule has 4 heteroatoms. The topological polar surface area (TPSA) is 42.4 Å². The summed E-state index contributed by atoms with van der Waals surface area (Å²) < 4.78 is 5.76. The molecule has 0 spiro atoms. The van der Waals surface area contributed by atoms with E-state index in [1.54, 1.807) is 11.1 Å². The van der Waals surface area contributed by atoms with Gasteiger partial charge in [0.05, 0.1) is 6.54 Å².